The molecule has 2 N–H and O–H groups in total. The van der Waals surface area contributed by atoms with Gasteiger partial charge in [-0.3, -0.25) is 4.98 Å². The van der Waals surface area contributed by atoms with Crippen molar-refractivity contribution in [3.05, 3.63) is 24.0 Å². The first-order valence-electron chi connectivity index (χ1n) is 5.33. The van der Waals surface area contributed by atoms with Crippen molar-refractivity contribution in [2.45, 2.75) is 4.90 Å². The van der Waals surface area contributed by atoms with Crippen LogP contribution in [0.1, 0.15) is 5.56 Å². The van der Waals surface area contributed by atoms with E-state index in [9.17, 15) is 8.42 Å². The van der Waals surface area contributed by atoms with Gasteiger partial charge in [-0.15, -0.1) is 5.10 Å². The quantitative estimate of drug-likeness (QED) is 0.678. The maximum absolute atomic E-state index is 12.1. The van der Waals surface area contributed by atoms with Crippen LogP contribution in [-0.2, 0) is 17.1 Å². The number of tetrazole rings is 1. The lowest BCUT2D eigenvalue weighted by atomic mass is 10.3. The molecule has 10 heteroatoms. The number of aliphatic hydroxyl groups is 1. The minimum absolute atomic E-state index is 0.0882. The van der Waals surface area contributed by atoms with Crippen LogP contribution in [0.5, 0.6) is 0 Å². The van der Waals surface area contributed by atoms with Crippen molar-refractivity contribution in [1.29, 1.82) is 0 Å². The molecule has 0 saturated heterocycles. The number of aliphatic hydroxyl groups excluding tert-OH is 1. The monoisotopic (exact) mass is 294 g/mol. The summed E-state index contributed by atoms with van der Waals surface area (Å²) in [6.45, 7) is -0.321. The lowest BCUT2D eigenvalue weighted by molar-refractivity contribution is 0.350. The van der Waals surface area contributed by atoms with Crippen molar-refractivity contribution in [3.63, 3.8) is 0 Å². The van der Waals surface area contributed by atoms with Crippen molar-refractivity contribution in [1.82, 2.24) is 25.2 Å². The van der Waals surface area contributed by atoms with Crippen LogP contribution in [0.3, 0.4) is 0 Å². The van der Waals surface area contributed by atoms with E-state index in [4.69, 9.17) is 5.11 Å². The molecule has 0 amide bonds. The predicted molar refractivity (Wildman–Crippen MR) is 67.8 cm³/mol. The lowest BCUT2D eigenvalue weighted by Crippen LogP contribution is -2.14. The molecule has 0 aromatic carbocycles. The Bertz CT molecular complexity index is 774. The average Bonchev–Trinajstić information content (AvgIpc) is 2.81. The summed E-state index contributed by atoms with van der Waals surface area (Å²) in [5.41, 5.74) is 0.369. The number of hydrogen-bond acceptors (Lipinski definition) is 7. The van der Waals surface area contributed by atoms with Crippen LogP contribution >= 0.6 is 0 Å². The molecule has 2 aromatic heterocycles. The van der Waals surface area contributed by atoms with Gasteiger partial charge in [0.15, 0.2) is 0 Å². The van der Waals surface area contributed by atoms with E-state index in [2.05, 4.69) is 37.0 Å². The van der Waals surface area contributed by atoms with Crippen LogP contribution in [0, 0.1) is 11.8 Å². The van der Waals surface area contributed by atoms with Gasteiger partial charge < -0.3 is 5.11 Å². The molecule has 0 aliphatic rings. The summed E-state index contributed by atoms with van der Waals surface area (Å²) >= 11 is 0. The maximum Gasteiger partial charge on any atom is 0.277 e. The van der Waals surface area contributed by atoms with E-state index >= 15 is 0 Å². The van der Waals surface area contributed by atoms with Crippen molar-refractivity contribution in [2.24, 2.45) is 7.05 Å². The molecule has 0 radical (unpaired) electrons. The number of aryl methyl sites for hydroxylation is 1. The minimum atomic E-state index is -3.87. The molecule has 0 unspecified atom stereocenters. The van der Waals surface area contributed by atoms with Gasteiger partial charge >= 0.3 is 0 Å². The summed E-state index contributed by atoms with van der Waals surface area (Å²) in [5, 5.41) is 19.4. The third-order valence-electron chi connectivity index (χ3n) is 2.07. The molecule has 20 heavy (non-hydrogen) atoms. The number of hydrogen-bond donors (Lipinski definition) is 2. The first kappa shape index (κ1) is 13.9. The molecule has 0 aliphatic heterocycles. The van der Waals surface area contributed by atoms with Gasteiger partial charge in [0.05, 0.1) is 7.05 Å². The SMILES string of the molecule is Cn1nnc(NS(=O)(=O)c2cncc(C#CCO)c2)n1. The van der Waals surface area contributed by atoms with Gasteiger partial charge in [-0.25, -0.2) is 13.1 Å². The van der Waals surface area contributed by atoms with Crippen molar-refractivity contribution < 1.29 is 13.5 Å². The standard InChI is InChI=1S/C10H10N6O3S/c1-16-13-10(12-15-16)14-20(18,19)9-5-8(3-2-4-17)6-11-7-9/h5-7,17H,4H2,1H3,(H,13,14). The summed E-state index contributed by atoms with van der Waals surface area (Å²) in [7, 11) is -2.36. The van der Waals surface area contributed by atoms with Gasteiger partial charge in [0, 0.05) is 18.0 Å². The van der Waals surface area contributed by atoms with E-state index in [0.717, 1.165) is 4.80 Å². The number of nitrogens with zero attached hydrogens (tertiary/aromatic N) is 5. The number of rotatable bonds is 3. The Hall–Kier alpha value is -2.51. The average molecular weight is 294 g/mol. The Kier molecular flexibility index (Phi) is 3.92. The molecule has 0 atom stereocenters. The number of pyridine rings is 1. The van der Waals surface area contributed by atoms with Crippen LogP contribution in [0.15, 0.2) is 23.4 Å². The van der Waals surface area contributed by atoms with Gasteiger partial charge in [-0.05, 0) is 11.3 Å². The molecule has 2 heterocycles. The van der Waals surface area contributed by atoms with Crippen LogP contribution in [-0.4, -0.2) is 45.3 Å². The molecule has 2 aromatic rings. The zero-order valence-corrected chi connectivity index (χ0v) is 11.2. The number of nitrogens with one attached hydrogen (secondary N) is 1. The molecule has 0 saturated carbocycles. The molecule has 0 bridgehead atoms. The normalized spacial score (nSPS) is 10.7. The van der Waals surface area contributed by atoms with E-state index in [1.54, 1.807) is 0 Å². The van der Waals surface area contributed by atoms with Crippen molar-refractivity contribution in [3.8, 4) is 11.8 Å². The van der Waals surface area contributed by atoms with Gasteiger partial charge in [-0.1, -0.05) is 16.9 Å². The lowest BCUT2D eigenvalue weighted by Gasteiger charge is -2.03. The second-order valence-corrected chi connectivity index (χ2v) is 5.26. The number of anilines is 1. The van der Waals surface area contributed by atoms with Crippen molar-refractivity contribution >= 4 is 16.0 Å². The second kappa shape index (κ2) is 5.64. The third-order valence-corrected chi connectivity index (χ3v) is 3.36. The molecule has 2 rings (SSSR count). The third kappa shape index (κ3) is 3.28. The van der Waals surface area contributed by atoms with Crippen molar-refractivity contribution in [2.75, 3.05) is 11.3 Å². The molecule has 0 fully saturated rings. The fourth-order valence-corrected chi connectivity index (χ4v) is 2.20. The second-order valence-electron chi connectivity index (χ2n) is 3.58. The molecule has 104 valence electrons. The summed E-state index contributed by atoms with van der Waals surface area (Å²) in [6.07, 6.45) is 2.56. The summed E-state index contributed by atoms with van der Waals surface area (Å²) in [5.74, 6) is 4.84. The highest BCUT2D eigenvalue weighted by Crippen LogP contribution is 2.12. The summed E-state index contributed by atoms with van der Waals surface area (Å²) < 4.78 is 26.3. The largest absolute Gasteiger partial charge is 0.384 e. The van der Waals surface area contributed by atoms with Gasteiger partial charge in [0.1, 0.15) is 11.5 Å². The summed E-state index contributed by atoms with van der Waals surface area (Å²) in [4.78, 5) is 4.82. The topological polar surface area (TPSA) is 123 Å². The van der Waals surface area contributed by atoms with E-state index < -0.39 is 10.0 Å². The Morgan fingerprint density at radius 1 is 1.45 bits per heavy atom. The predicted octanol–water partition coefficient (Wildman–Crippen LogP) is -1.25. The van der Waals surface area contributed by atoms with E-state index in [-0.39, 0.29) is 17.5 Å². The van der Waals surface area contributed by atoms with Gasteiger partial charge in [0.2, 0.25) is 0 Å². The van der Waals surface area contributed by atoms with Crippen LogP contribution in [0.2, 0.25) is 0 Å². The molecular weight excluding hydrogens is 284 g/mol. The Morgan fingerprint density at radius 2 is 2.25 bits per heavy atom. The van der Waals surface area contributed by atoms with Crippen LogP contribution < -0.4 is 4.72 Å². The zero-order valence-electron chi connectivity index (χ0n) is 10.3. The van der Waals surface area contributed by atoms with Crippen LogP contribution in [0.25, 0.3) is 0 Å². The zero-order chi connectivity index (χ0) is 14.6. The Balaban J connectivity index is 2.29. The first-order chi connectivity index (χ1) is 9.51. The van der Waals surface area contributed by atoms with Gasteiger partial charge in [0.25, 0.3) is 16.0 Å². The Labute approximate surface area is 114 Å². The summed E-state index contributed by atoms with van der Waals surface area (Å²) in [6, 6.07) is 1.33. The first-order valence-corrected chi connectivity index (χ1v) is 6.81. The molecule has 0 aliphatic carbocycles. The minimum Gasteiger partial charge on any atom is -0.384 e. The highest BCUT2D eigenvalue weighted by molar-refractivity contribution is 7.92. The highest BCUT2D eigenvalue weighted by atomic mass is 32.2. The fourth-order valence-electron chi connectivity index (χ4n) is 1.28. The maximum atomic E-state index is 12.1. The molecular formula is C10H10N6O3S. The Morgan fingerprint density at radius 3 is 2.90 bits per heavy atom. The number of aromatic nitrogens is 5. The van der Waals surface area contributed by atoms with E-state index in [0.29, 0.717) is 5.56 Å². The highest BCUT2D eigenvalue weighted by Gasteiger charge is 2.17. The number of sulfonamides is 1. The molecule has 0 spiro atoms. The fraction of sp³-hybridized carbons (Fsp3) is 0.200. The molecule has 9 nitrogen and oxygen atoms in total. The van der Waals surface area contributed by atoms with Crippen LogP contribution in [0.4, 0.5) is 5.95 Å². The smallest absolute Gasteiger partial charge is 0.277 e. The van der Waals surface area contributed by atoms with E-state index in [1.165, 1.54) is 25.5 Å². The van der Waals surface area contributed by atoms with Gasteiger partial charge in [-0.2, -0.15) is 4.80 Å². The van der Waals surface area contributed by atoms with E-state index in [1.807, 2.05) is 0 Å².